The standard InChI is InChI=1S/C15H26N2O3/c18-14(12-6-2-3-7-13(12)15(19)20)16-8-11-17-9-4-1-5-10-17/h12-13H,1-11H2,(H,16,18)(H,19,20)/t12-,13-/m1/s1. The number of piperidine rings is 1. The molecule has 1 amide bonds. The molecule has 5 nitrogen and oxygen atoms in total. The predicted molar refractivity (Wildman–Crippen MR) is 76.4 cm³/mol. The zero-order valence-corrected chi connectivity index (χ0v) is 12.1. The maximum absolute atomic E-state index is 12.2. The molecule has 5 heteroatoms. The summed E-state index contributed by atoms with van der Waals surface area (Å²) >= 11 is 0. The number of nitrogens with zero attached hydrogens (tertiary/aromatic N) is 1. The van der Waals surface area contributed by atoms with Crippen molar-refractivity contribution in [2.45, 2.75) is 44.9 Å². The number of carboxylic acid groups (broad SMARTS) is 1. The first kappa shape index (κ1) is 15.3. The van der Waals surface area contributed by atoms with Crippen LogP contribution in [0.2, 0.25) is 0 Å². The molecule has 2 fully saturated rings. The maximum atomic E-state index is 12.2. The second-order valence-electron chi connectivity index (χ2n) is 6.03. The highest BCUT2D eigenvalue weighted by molar-refractivity contribution is 5.84. The minimum Gasteiger partial charge on any atom is -0.481 e. The first-order valence-electron chi connectivity index (χ1n) is 7.91. The largest absolute Gasteiger partial charge is 0.481 e. The minimum absolute atomic E-state index is 0.0610. The van der Waals surface area contributed by atoms with Gasteiger partial charge in [0.05, 0.1) is 11.8 Å². The highest BCUT2D eigenvalue weighted by Gasteiger charge is 2.35. The van der Waals surface area contributed by atoms with Gasteiger partial charge in [-0.25, -0.2) is 0 Å². The summed E-state index contributed by atoms with van der Waals surface area (Å²) in [6, 6.07) is 0. The van der Waals surface area contributed by atoms with Gasteiger partial charge in [0.25, 0.3) is 0 Å². The minimum atomic E-state index is -0.819. The first-order chi connectivity index (χ1) is 9.68. The van der Waals surface area contributed by atoms with Crippen LogP contribution < -0.4 is 5.32 Å². The van der Waals surface area contributed by atoms with Gasteiger partial charge in [0, 0.05) is 13.1 Å². The normalized spacial score (nSPS) is 28.0. The quantitative estimate of drug-likeness (QED) is 0.801. The van der Waals surface area contributed by atoms with Crippen LogP contribution in [0.1, 0.15) is 44.9 Å². The van der Waals surface area contributed by atoms with E-state index in [2.05, 4.69) is 10.2 Å². The Morgan fingerprint density at radius 3 is 2.30 bits per heavy atom. The number of carboxylic acids is 1. The molecule has 0 radical (unpaired) electrons. The number of carbonyl (C=O) groups is 2. The average molecular weight is 282 g/mol. The number of carbonyl (C=O) groups excluding carboxylic acids is 1. The molecule has 0 aromatic heterocycles. The van der Waals surface area contributed by atoms with Crippen molar-refractivity contribution in [3.63, 3.8) is 0 Å². The average Bonchev–Trinajstić information content (AvgIpc) is 2.48. The molecule has 2 rings (SSSR count). The summed E-state index contributed by atoms with van der Waals surface area (Å²) in [6.07, 6.45) is 7.05. The van der Waals surface area contributed by atoms with Crippen molar-refractivity contribution in [3.8, 4) is 0 Å². The van der Waals surface area contributed by atoms with Gasteiger partial charge in [-0.05, 0) is 38.8 Å². The number of likely N-dealkylation sites (tertiary alicyclic amines) is 1. The molecule has 2 atom stereocenters. The van der Waals surface area contributed by atoms with Crippen LogP contribution in [0, 0.1) is 11.8 Å². The van der Waals surface area contributed by atoms with Crippen molar-refractivity contribution in [1.29, 1.82) is 0 Å². The van der Waals surface area contributed by atoms with Crippen molar-refractivity contribution >= 4 is 11.9 Å². The van der Waals surface area contributed by atoms with Gasteiger partial charge in [0.15, 0.2) is 0 Å². The predicted octanol–water partition coefficient (Wildman–Crippen LogP) is 1.48. The third-order valence-electron chi connectivity index (χ3n) is 4.60. The molecule has 1 aliphatic heterocycles. The number of amides is 1. The Morgan fingerprint density at radius 2 is 1.65 bits per heavy atom. The van der Waals surface area contributed by atoms with Gasteiger partial charge < -0.3 is 15.3 Å². The molecule has 2 N–H and O–H groups in total. The summed E-state index contributed by atoms with van der Waals surface area (Å²) in [7, 11) is 0. The summed E-state index contributed by atoms with van der Waals surface area (Å²) < 4.78 is 0. The number of aliphatic carboxylic acids is 1. The Kier molecular flexibility index (Phi) is 5.83. The van der Waals surface area contributed by atoms with Gasteiger partial charge in [0.1, 0.15) is 0 Å². The monoisotopic (exact) mass is 282 g/mol. The third kappa shape index (κ3) is 4.20. The number of nitrogens with one attached hydrogen (secondary N) is 1. The summed E-state index contributed by atoms with van der Waals surface area (Å²) in [4.78, 5) is 25.7. The van der Waals surface area contributed by atoms with E-state index in [0.717, 1.165) is 32.5 Å². The summed E-state index contributed by atoms with van der Waals surface area (Å²) in [5, 5.41) is 12.1. The Balaban J connectivity index is 1.73. The number of hydrogen-bond acceptors (Lipinski definition) is 3. The van der Waals surface area contributed by atoms with Crippen molar-refractivity contribution < 1.29 is 14.7 Å². The van der Waals surface area contributed by atoms with Gasteiger partial charge in [-0.2, -0.15) is 0 Å². The van der Waals surface area contributed by atoms with Gasteiger partial charge >= 0.3 is 5.97 Å². The van der Waals surface area contributed by atoms with Crippen LogP contribution in [0.15, 0.2) is 0 Å². The second-order valence-corrected chi connectivity index (χ2v) is 6.03. The van der Waals surface area contributed by atoms with Crippen LogP contribution in [0.25, 0.3) is 0 Å². The lowest BCUT2D eigenvalue weighted by molar-refractivity contribution is -0.148. The number of rotatable bonds is 5. The molecular formula is C15H26N2O3. The second kappa shape index (κ2) is 7.62. The number of hydrogen-bond donors (Lipinski definition) is 2. The van der Waals surface area contributed by atoms with Crippen molar-refractivity contribution in [2.75, 3.05) is 26.2 Å². The lowest BCUT2D eigenvalue weighted by atomic mass is 9.79. The lowest BCUT2D eigenvalue weighted by Crippen LogP contribution is -2.43. The fraction of sp³-hybridized carbons (Fsp3) is 0.867. The van der Waals surface area contributed by atoms with E-state index in [1.165, 1.54) is 19.3 Å². The Labute approximate surface area is 120 Å². The van der Waals surface area contributed by atoms with E-state index >= 15 is 0 Å². The van der Waals surface area contributed by atoms with Crippen LogP contribution in [0.3, 0.4) is 0 Å². The van der Waals surface area contributed by atoms with Crippen LogP contribution in [0.5, 0.6) is 0 Å². The SMILES string of the molecule is O=C(O)[C@@H]1CCCC[C@H]1C(=O)NCCN1CCCCC1. The molecule has 1 aliphatic carbocycles. The molecule has 2 aliphatic rings. The highest BCUT2D eigenvalue weighted by atomic mass is 16.4. The molecule has 0 bridgehead atoms. The summed E-state index contributed by atoms with van der Waals surface area (Å²) in [6.45, 7) is 3.77. The topological polar surface area (TPSA) is 69.6 Å². The molecule has 1 saturated carbocycles. The van der Waals surface area contributed by atoms with E-state index in [0.29, 0.717) is 19.4 Å². The van der Waals surface area contributed by atoms with E-state index in [1.54, 1.807) is 0 Å². The molecule has 20 heavy (non-hydrogen) atoms. The maximum Gasteiger partial charge on any atom is 0.307 e. The molecule has 0 aromatic rings. The fourth-order valence-electron chi connectivity index (χ4n) is 3.39. The first-order valence-corrected chi connectivity index (χ1v) is 7.91. The molecule has 1 heterocycles. The van der Waals surface area contributed by atoms with Gasteiger partial charge in [-0.3, -0.25) is 9.59 Å². The molecular weight excluding hydrogens is 256 g/mol. The molecule has 1 saturated heterocycles. The molecule has 114 valence electrons. The summed E-state index contributed by atoms with van der Waals surface area (Å²) in [5.41, 5.74) is 0. The van der Waals surface area contributed by atoms with Gasteiger partial charge in [-0.15, -0.1) is 0 Å². The van der Waals surface area contributed by atoms with Gasteiger partial charge in [0.2, 0.25) is 5.91 Å². The van der Waals surface area contributed by atoms with E-state index in [-0.39, 0.29) is 11.8 Å². The van der Waals surface area contributed by atoms with Gasteiger partial charge in [-0.1, -0.05) is 19.3 Å². The van der Waals surface area contributed by atoms with E-state index < -0.39 is 11.9 Å². The van der Waals surface area contributed by atoms with E-state index in [9.17, 15) is 14.7 Å². The molecule has 0 unspecified atom stereocenters. The Morgan fingerprint density at radius 1 is 1.00 bits per heavy atom. The van der Waals surface area contributed by atoms with E-state index in [4.69, 9.17) is 0 Å². The van der Waals surface area contributed by atoms with Crippen LogP contribution >= 0.6 is 0 Å². The molecule has 0 spiro atoms. The summed E-state index contributed by atoms with van der Waals surface area (Å²) in [5.74, 6) is -1.70. The van der Waals surface area contributed by atoms with Crippen LogP contribution in [-0.4, -0.2) is 48.1 Å². The zero-order valence-electron chi connectivity index (χ0n) is 12.1. The molecule has 0 aromatic carbocycles. The smallest absolute Gasteiger partial charge is 0.307 e. The lowest BCUT2D eigenvalue weighted by Gasteiger charge is -2.29. The third-order valence-corrected chi connectivity index (χ3v) is 4.60. The van der Waals surface area contributed by atoms with Crippen molar-refractivity contribution in [3.05, 3.63) is 0 Å². The van der Waals surface area contributed by atoms with Crippen molar-refractivity contribution in [1.82, 2.24) is 10.2 Å². The fourth-order valence-corrected chi connectivity index (χ4v) is 3.39. The van der Waals surface area contributed by atoms with Crippen LogP contribution in [-0.2, 0) is 9.59 Å². The Hall–Kier alpha value is -1.10. The van der Waals surface area contributed by atoms with E-state index in [1.807, 2.05) is 0 Å². The zero-order chi connectivity index (χ0) is 14.4. The van der Waals surface area contributed by atoms with Crippen molar-refractivity contribution in [2.24, 2.45) is 11.8 Å². The highest BCUT2D eigenvalue weighted by Crippen LogP contribution is 2.30. The Bertz CT molecular complexity index is 340. The van der Waals surface area contributed by atoms with Crippen LogP contribution in [0.4, 0.5) is 0 Å².